The molecule has 5 nitrogen and oxygen atoms in total. The third kappa shape index (κ3) is 3.51. The first-order valence-electron chi connectivity index (χ1n) is 6.38. The number of nitro groups is 1. The number of ether oxygens (including phenoxy) is 1. The smallest absolute Gasteiger partial charge is 0.313 e. The molecule has 0 fully saturated rings. The summed E-state index contributed by atoms with van der Waals surface area (Å²) in [7, 11) is 1.87. The Hall–Kier alpha value is -2.11. The van der Waals surface area contributed by atoms with Gasteiger partial charge >= 0.3 is 5.69 Å². The van der Waals surface area contributed by atoms with Crippen molar-refractivity contribution < 1.29 is 9.66 Å². The second-order valence-electron chi connectivity index (χ2n) is 4.57. The standard InChI is InChI=1S/C15H15ClN2O3/c1-10-8-12(7-6-11(10)9-17-2)21-15-13(16)4-3-5-14(15)18(19)20/h3-8,17H,9H2,1-2H3. The Bertz CT molecular complexity index is 674. The van der Waals surface area contributed by atoms with Gasteiger partial charge in [-0.1, -0.05) is 23.7 Å². The first-order valence-corrected chi connectivity index (χ1v) is 6.75. The van der Waals surface area contributed by atoms with Crippen molar-refractivity contribution >= 4 is 17.3 Å². The van der Waals surface area contributed by atoms with Gasteiger partial charge in [0.1, 0.15) is 5.75 Å². The lowest BCUT2D eigenvalue weighted by Crippen LogP contribution is -2.06. The van der Waals surface area contributed by atoms with Crippen LogP contribution in [-0.2, 0) is 6.54 Å². The van der Waals surface area contributed by atoms with Gasteiger partial charge in [-0.05, 0) is 43.3 Å². The van der Waals surface area contributed by atoms with Crippen molar-refractivity contribution in [2.24, 2.45) is 0 Å². The molecule has 0 amide bonds. The zero-order valence-electron chi connectivity index (χ0n) is 11.7. The molecule has 0 aliphatic heterocycles. The van der Waals surface area contributed by atoms with Crippen LogP contribution >= 0.6 is 11.6 Å². The summed E-state index contributed by atoms with van der Waals surface area (Å²) in [5.74, 6) is 0.577. The van der Waals surface area contributed by atoms with Crippen LogP contribution in [0.5, 0.6) is 11.5 Å². The molecule has 2 aromatic rings. The van der Waals surface area contributed by atoms with Crippen LogP contribution in [0.25, 0.3) is 0 Å². The van der Waals surface area contributed by atoms with Crippen LogP contribution in [0.1, 0.15) is 11.1 Å². The van der Waals surface area contributed by atoms with Crippen LogP contribution in [0, 0.1) is 17.0 Å². The molecule has 0 heterocycles. The lowest BCUT2D eigenvalue weighted by atomic mass is 10.1. The Kier molecular flexibility index (Phi) is 4.77. The minimum atomic E-state index is -0.510. The fourth-order valence-corrected chi connectivity index (χ4v) is 2.19. The molecule has 2 rings (SSSR count). The summed E-state index contributed by atoms with van der Waals surface area (Å²) in [6, 6.07) is 9.97. The maximum atomic E-state index is 11.0. The van der Waals surface area contributed by atoms with Crippen molar-refractivity contribution in [1.82, 2.24) is 5.32 Å². The molecule has 6 heteroatoms. The molecule has 0 atom stereocenters. The molecule has 0 saturated carbocycles. The Labute approximate surface area is 127 Å². The van der Waals surface area contributed by atoms with E-state index < -0.39 is 4.92 Å². The summed E-state index contributed by atoms with van der Waals surface area (Å²) in [5.41, 5.74) is 2.02. The number of para-hydroxylation sites is 1. The third-order valence-corrected chi connectivity index (χ3v) is 3.34. The van der Waals surface area contributed by atoms with Gasteiger partial charge in [-0.15, -0.1) is 0 Å². The normalized spacial score (nSPS) is 10.4. The summed E-state index contributed by atoms with van der Waals surface area (Å²) >= 11 is 6.00. The molecule has 0 radical (unpaired) electrons. The van der Waals surface area contributed by atoms with Gasteiger partial charge in [0, 0.05) is 12.6 Å². The quantitative estimate of drug-likeness (QED) is 0.668. The number of nitrogens with zero attached hydrogens (tertiary/aromatic N) is 1. The lowest BCUT2D eigenvalue weighted by molar-refractivity contribution is -0.385. The highest BCUT2D eigenvalue weighted by atomic mass is 35.5. The maximum Gasteiger partial charge on any atom is 0.313 e. The van der Waals surface area contributed by atoms with Gasteiger partial charge in [-0.3, -0.25) is 10.1 Å². The molecule has 0 spiro atoms. The fourth-order valence-electron chi connectivity index (χ4n) is 1.98. The largest absolute Gasteiger partial charge is 0.449 e. The van der Waals surface area contributed by atoms with E-state index in [0.717, 1.165) is 17.7 Å². The van der Waals surface area contributed by atoms with E-state index in [9.17, 15) is 10.1 Å². The number of aryl methyl sites for hydroxylation is 1. The summed E-state index contributed by atoms with van der Waals surface area (Å²) in [6.07, 6.45) is 0. The predicted molar refractivity (Wildman–Crippen MR) is 82.1 cm³/mol. The molecule has 1 N–H and O–H groups in total. The molecule has 2 aromatic carbocycles. The van der Waals surface area contributed by atoms with E-state index in [2.05, 4.69) is 5.32 Å². The van der Waals surface area contributed by atoms with Crippen molar-refractivity contribution in [2.45, 2.75) is 13.5 Å². The lowest BCUT2D eigenvalue weighted by Gasteiger charge is -2.11. The van der Waals surface area contributed by atoms with Crippen LogP contribution in [0.15, 0.2) is 36.4 Å². The van der Waals surface area contributed by atoms with E-state index in [4.69, 9.17) is 16.3 Å². The molecule has 0 aliphatic rings. The summed E-state index contributed by atoms with van der Waals surface area (Å²) in [5, 5.41) is 14.3. The Morgan fingerprint density at radius 3 is 2.71 bits per heavy atom. The highest BCUT2D eigenvalue weighted by molar-refractivity contribution is 6.32. The zero-order chi connectivity index (χ0) is 15.4. The average Bonchev–Trinajstić information content (AvgIpc) is 2.44. The Morgan fingerprint density at radius 1 is 1.33 bits per heavy atom. The predicted octanol–water partition coefficient (Wildman–Crippen LogP) is 4.07. The van der Waals surface area contributed by atoms with Gasteiger partial charge in [0.2, 0.25) is 5.75 Å². The molecule has 0 unspecified atom stereocenters. The molecule has 0 saturated heterocycles. The van der Waals surface area contributed by atoms with Gasteiger partial charge in [-0.25, -0.2) is 0 Å². The van der Waals surface area contributed by atoms with E-state index in [0.29, 0.717) is 5.75 Å². The van der Waals surface area contributed by atoms with Crippen LogP contribution < -0.4 is 10.1 Å². The molecule has 0 aliphatic carbocycles. The maximum absolute atomic E-state index is 11.0. The van der Waals surface area contributed by atoms with Gasteiger partial charge in [0.05, 0.1) is 9.95 Å². The van der Waals surface area contributed by atoms with Crippen LogP contribution in [-0.4, -0.2) is 12.0 Å². The average molecular weight is 307 g/mol. The SMILES string of the molecule is CNCc1ccc(Oc2c(Cl)cccc2[N+](=O)[O-])cc1C. The zero-order valence-corrected chi connectivity index (χ0v) is 12.5. The van der Waals surface area contributed by atoms with Gasteiger partial charge in [-0.2, -0.15) is 0 Å². The van der Waals surface area contributed by atoms with Crippen LogP contribution in [0.4, 0.5) is 5.69 Å². The van der Waals surface area contributed by atoms with E-state index >= 15 is 0 Å². The Morgan fingerprint density at radius 2 is 2.10 bits per heavy atom. The van der Waals surface area contributed by atoms with E-state index in [-0.39, 0.29) is 16.5 Å². The number of benzene rings is 2. The minimum absolute atomic E-state index is 0.0601. The number of hydrogen-bond donors (Lipinski definition) is 1. The number of rotatable bonds is 5. The number of hydrogen-bond acceptors (Lipinski definition) is 4. The van der Waals surface area contributed by atoms with Crippen molar-refractivity contribution in [1.29, 1.82) is 0 Å². The molecular formula is C15H15ClN2O3. The van der Waals surface area contributed by atoms with Crippen molar-refractivity contribution in [3.63, 3.8) is 0 Å². The van der Waals surface area contributed by atoms with E-state index in [1.165, 1.54) is 12.1 Å². The third-order valence-electron chi connectivity index (χ3n) is 3.04. The topological polar surface area (TPSA) is 64.4 Å². The summed E-state index contributed by atoms with van der Waals surface area (Å²) in [6.45, 7) is 2.71. The first kappa shape index (κ1) is 15.3. The monoisotopic (exact) mass is 306 g/mol. The number of nitro benzene ring substituents is 1. The van der Waals surface area contributed by atoms with Crippen molar-refractivity contribution in [2.75, 3.05) is 7.05 Å². The second-order valence-corrected chi connectivity index (χ2v) is 4.97. The Balaban J connectivity index is 2.34. The molecule has 0 bridgehead atoms. The van der Waals surface area contributed by atoms with E-state index in [1.807, 2.05) is 26.1 Å². The molecule has 110 valence electrons. The summed E-state index contributed by atoms with van der Waals surface area (Å²) < 4.78 is 5.62. The summed E-state index contributed by atoms with van der Waals surface area (Å²) in [4.78, 5) is 10.5. The number of nitrogens with one attached hydrogen (secondary N) is 1. The van der Waals surface area contributed by atoms with Crippen LogP contribution in [0.2, 0.25) is 5.02 Å². The minimum Gasteiger partial charge on any atom is -0.449 e. The van der Waals surface area contributed by atoms with E-state index in [1.54, 1.807) is 12.1 Å². The second kappa shape index (κ2) is 6.56. The highest BCUT2D eigenvalue weighted by Crippen LogP contribution is 2.38. The van der Waals surface area contributed by atoms with Gasteiger partial charge < -0.3 is 10.1 Å². The number of halogens is 1. The molecule has 0 aromatic heterocycles. The highest BCUT2D eigenvalue weighted by Gasteiger charge is 2.19. The van der Waals surface area contributed by atoms with Crippen molar-refractivity contribution in [3.8, 4) is 11.5 Å². The van der Waals surface area contributed by atoms with Crippen molar-refractivity contribution in [3.05, 3.63) is 62.7 Å². The molecular weight excluding hydrogens is 292 g/mol. The van der Waals surface area contributed by atoms with Crippen LogP contribution in [0.3, 0.4) is 0 Å². The first-order chi connectivity index (χ1) is 10.0. The van der Waals surface area contributed by atoms with Gasteiger partial charge in [0.25, 0.3) is 0 Å². The fraction of sp³-hybridized carbons (Fsp3) is 0.200. The van der Waals surface area contributed by atoms with Gasteiger partial charge in [0.15, 0.2) is 0 Å². The molecule has 21 heavy (non-hydrogen) atoms.